The van der Waals surface area contributed by atoms with Crippen LogP contribution in [-0.4, -0.2) is 4.57 Å². The van der Waals surface area contributed by atoms with E-state index >= 15 is 0 Å². The van der Waals surface area contributed by atoms with Crippen molar-refractivity contribution in [2.45, 2.75) is 0 Å². The lowest BCUT2D eigenvalue weighted by Gasteiger charge is -2.27. The maximum atomic E-state index is 2.45. The van der Waals surface area contributed by atoms with Crippen molar-refractivity contribution in [1.82, 2.24) is 4.57 Å². The van der Waals surface area contributed by atoms with Crippen molar-refractivity contribution in [3.63, 3.8) is 0 Å². The molecule has 2 aromatic heterocycles. The molecule has 8 aromatic carbocycles. The highest BCUT2D eigenvalue weighted by Gasteiger charge is 2.22. The fourth-order valence-corrected chi connectivity index (χ4v) is 8.79. The number of hydrogen-bond donors (Lipinski definition) is 0. The largest absolute Gasteiger partial charge is 0.309 e. The molecule has 0 bridgehead atoms. The number of fused-ring (bicyclic) bond motifs is 6. The van der Waals surface area contributed by atoms with Crippen molar-refractivity contribution in [1.29, 1.82) is 0 Å². The molecule has 0 radical (unpaired) electrons. The van der Waals surface area contributed by atoms with Crippen LogP contribution in [0.25, 0.3) is 69.9 Å². The molecule has 0 unspecified atom stereocenters. The Hall–Kier alpha value is -6.42. The molecule has 0 aliphatic rings. The molecule has 0 atom stereocenters. The maximum Gasteiger partial charge on any atom is 0.0661 e. The number of benzene rings is 8. The zero-order valence-electron chi connectivity index (χ0n) is 27.8. The molecule has 0 saturated heterocycles. The highest BCUT2D eigenvalue weighted by atomic mass is 32.1. The normalized spacial score (nSPS) is 11.5. The summed E-state index contributed by atoms with van der Waals surface area (Å²) in [5, 5.41) is 5.05. The predicted molar refractivity (Wildman–Crippen MR) is 219 cm³/mol. The standard InChI is InChI=1S/C48H32N2S/c1-3-14-33(15-4-1)35-26-28-37(29-27-35)49(38-19-13-18-36(30-38)34-16-5-2-6-17-34)46-32-39(31-43-42-22-9-12-25-47(42)51-48(43)46)50-44-23-10-7-20-40(44)41-21-8-11-24-45(41)50/h1-32H. The Morgan fingerprint density at radius 3 is 1.61 bits per heavy atom. The van der Waals surface area contributed by atoms with E-state index < -0.39 is 0 Å². The number of aromatic nitrogens is 1. The van der Waals surface area contributed by atoms with E-state index in [0.717, 1.165) is 22.7 Å². The van der Waals surface area contributed by atoms with E-state index in [9.17, 15) is 0 Å². The van der Waals surface area contributed by atoms with Crippen molar-refractivity contribution in [2.24, 2.45) is 0 Å². The molecule has 0 saturated carbocycles. The first-order chi connectivity index (χ1) is 25.3. The first-order valence-electron chi connectivity index (χ1n) is 17.4. The molecule has 0 amide bonds. The topological polar surface area (TPSA) is 8.17 Å². The molecule has 0 spiro atoms. The second kappa shape index (κ2) is 12.2. The molecular formula is C48H32N2S. The SMILES string of the molecule is c1ccc(-c2ccc(N(c3cccc(-c4ccccc4)c3)c3cc(-n4c5ccccc5c5ccccc54)cc4c3sc3ccccc34)cc2)cc1. The molecule has 240 valence electrons. The number of rotatable bonds is 6. The van der Waals surface area contributed by atoms with Crippen LogP contribution < -0.4 is 4.90 Å². The second-order valence-electron chi connectivity index (χ2n) is 13.0. The Bertz CT molecular complexity index is 2790. The second-order valence-corrected chi connectivity index (χ2v) is 14.0. The number of nitrogens with zero attached hydrogens (tertiary/aromatic N) is 2. The summed E-state index contributed by atoms with van der Waals surface area (Å²) in [4.78, 5) is 2.45. The zero-order chi connectivity index (χ0) is 33.7. The Labute approximate surface area is 300 Å². The molecule has 51 heavy (non-hydrogen) atoms. The van der Waals surface area contributed by atoms with Crippen LogP contribution in [0.5, 0.6) is 0 Å². The lowest BCUT2D eigenvalue weighted by atomic mass is 10.0. The maximum absolute atomic E-state index is 2.45. The van der Waals surface area contributed by atoms with Crippen LogP contribution >= 0.6 is 11.3 Å². The third-order valence-electron chi connectivity index (χ3n) is 9.97. The van der Waals surface area contributed by atoms with Gasteiger partial charge in [-0.1, -0.05) is 140 Å². The van der Waals surface area contributed by atoms with Gasteiger partial charge in [0.05, 0.1) is 21.4 Å². The quantitative estimate of drug-likeness (QED) is 0.171. The fraction of sp³-hybridized carbons (Fsp3) is 0. The lowest BCUT2D eigenvalue weighted by molar-refractivity contribution is 1.18. The predicted octanol–water partition coefficient (Wildman–Crippen LogP) is 14.0. The monoisotopic (exact) mass is 668 g/mol. The van der Waals surface area contributed by atoms with Crippen LogP contribution in [0, 0.1) is 0 Å². The molecule has 2 nitrogen and oxygen atoms in total. The minimum absolute atomic E-state index is 1.11. The van der Waals surface area contributed by atoms with Gasteiger partial charge in [-0.05, 0) is 76.9 Å². The molecule has 0 aliphatic carbocycles. The third-order valence-corrected chi connectivity index (χ3v) is 11.2. The highest BCUT2D eigenvalue weighted by Crippen LogP contribution is 2.47. The van der Waals surface area contributed by atoms with E-state index in [1.807, 2.05) is 11.3 Å². The minimum atomic E-state index is 1.11. The van der Waals surface area contributed by atoms with Gasteiger partial charge in [0.15, 0.2) is 0 Å². The summed E-state index contributed by atoms with van der Waals surface area (Å²) in [5.74, 6) is 0. The molecule has 2 heterocycles. The Morgan fingerprint density at radius 1 is 0.373 bits per heavy atom. The van der Waals surface area contributed by atoms with Gasteiger partial charge in [-0.15, -0.1) is 11.3 Å². The van der Waals surface area contributed by atoms with Gasteiger partial charge in [0.1, 0.15) is 0 Å². The van der Waals surface area contributed by atoms with Gasteiger partial charge in [-0.3, -0.25) is 0 Å². The van der Waals surface area contributed by atoms with E-state index in [0.29, 0.717) is 0 Å². The first-order valence-corrected chi connectivity index (χ1v) is 18.2. The van der Waals surface area contributed by atoms with E-state index in [4.69, 9.17) is 0 Å². The zero-order valence-corrected chi connectivity index (χ0v) is 28.6. The fourth-order valence-electron chi connectivity index (χ4n) is 7.61. The molecule has 10 aromatic rings. The van der Waals surface area contributed by atoms with E-state index in [1.54, 1.807) is 0 Å². The van der Waals surface area contributed by atoms with Gasteiger partial charge in [0.2, 0.25) is 0 Å². The van der Waals surface area contributed by atoms with Gasteiger partial charge in [0, 0.05) is 43.3 Å². The van der Waals surface area contributed by atoms with Crippen molar-refractivity contribution in [3.8, 4) is 27.9 Å². The summed E-state index contributed by atoms with van der Waals surface area (Å²) in [6, 6.07) is 70.4. The van der Waals surface area contributed by atoms with Crippen molar-refractivity contribution >= 4 is 70.4 Å². The van der Waals surface area contributed by atoms with Gasteiger partial charge in [0.25, 0.3) is 0 Å². The highest BCUT2D eigenvalue weighted by molar-refractivity contribution is 7.26. The van der Waals surface area contributed by atoms with Crippen LogP contribution in [0.3, 0.4) is 0 Å². The average molecular weight is 669 g/mol. The van der Waals surface area contributed by atoms with Crippen LogP contribution in [-0.2, 0) is 0 Å². The minimum Gasteiger partial charge on any atom is -0.309 e. The van der Waals surface area contributed by atoms with E-state index in [1.165, 1.54) is 64.2 Å². The average Bonchev–Trinajstić information content (AvgIpc) is 3.75. The van der Waals surface area contributed by atoms with E-state index in [-0.39, 0.29) is 0 Å². The van der Waals surface area contributed by atoms with Crippen molar-refractivity contribution in [2.75, 3.05) is 4.90 Å². The summed E-state index contributed by atoms with van der Waals surface area (Å²) in [7, 11) is 0. The Morgan fingerprint density at radius 2 is 0.922 bits per heavy atom. The molecular weight excluding hydrogens is 637 g/mol. The number of para-hydroxylation sites is 2. The van der Waals surface area contributed by atoms with Crippen LogP contribution in [0.1, 0.15) is 0 Å². The molecule has 0 fully saturated rings. The lowest BCUT2D eigenvalue weighted by Crippen LogP contribution is -2.11. The Kier molecular flexibility index (Phi) is 7.04. The van der Waals surface area contributed by atoms with E-state index in [2.05, 4.69) is 204 Å². The molecule has 0 aliphatic heterocycles. The van der Waals surface area contributed by atoms with Gasteiger partial charge in [-0.25, -0.2) is 0 Å². The number of anilines is 3. The van der Waals surface area contributed by atoms with Crippen LogP contribution in [0.2, 0.25) is 0 Å². The Balaban J connectivity index is 1.27. The molecule has 3 heteroatoms. The van der Waals surface area contributed by atoms with Crippen molar-refractivity contribution < 1.29 is 0 Å². The molecule has 10 rings (SSSR count). The summed E-state index contributed by atoms with van der Waals surface area (Å²) in [6.07, 6.45) is 0. The summed E-state index contributed by atoms with van der Waals surface area (Å²) in [6.45, 7) is 0. The first kappa shape index (κ1) is 29.5. The number of thiophene rings is 1. The third kappa shape index (κ3) is 5.01. The van der Waals surface area contributed by atoms with Gasteiger partial charge < -0.3 is 9.47 Å². The van der Waals surface area contributed by atoms with Gasteiger partial charge >= 0.3 is 0 Å². The number of hydrogen-bond acceptors (Lipinski definition) is 2. The molecule has 0 N–H and O–H groups in total. The van der Waals surface area contributed by atoms with Gasteiger partial charge in [-0.2, -0.15) is 0 Å². The van der Waals surface area contributed by atoms with Crippen LogP contribution in [0.4, 0.5) is 17.1 Å². The summed E-state index contributed by atoms with van der Waals surface area (Å²) < 4.78 is 4.99. The summed E-state index contributed by atoms with van der Waals surface area (Å²) >= 11 is 1.87. The smallest absolute Gasteiger partial charge is 0.0661 e. The summed E-state index contributed by atoms with van der Waals surface area (Å²) in [5.41, 5.74) is 11.7. The van der Waals surface area contributed by atoms with Crippen LogP contribution in [0.15, 0.2) is 194 Å². The van der Waals surface area contributed by atoms with Crippen molar-refractivity contribution in [3.05, 3.63) is 194 Å².